The molecule has 2 heterocycles. The normalized spacial score (nSPS) is 25.0. The molecule has 1 aromatic rings. The highest BCUT2D eigenvalue weighted by Gasteiger charge is 2.28. The Morgan fingerprint density at radius 1 is 1.21 bits per heavy atom. The maximum Gasteiger partial charge on any atom is 0.219 e. The third-order valence-corrected chi connectivity index (χ3v) is 5.07. The first-order chi connectivity index (χ1) is 11.6. The zero-order chi connectivity index (χ0) is 16.9. The number of nitrogens with zero attached hydrogens (tertiary/aromatic N) is 2. The topological polar surface area (TPSA) is 42.0 Å². The Labute approximate surface area is 144 Å². The summed E-state index contributed by atoms with van der Waals surface area (Å²) in [7, 11) is 1.70. The van der Waals surface area contributed by atoms with Gasteiger partial charge in [0.2, 0.25) is 5.91 Å². The van der Waals surface area contributed by atoms with Gasteiger partial charge in [-0.2, -0.15) is 0 Å². The quantitative estimate of drug-likeness (QED) is 0.826. The average Bonchev–Trinajstić information content (AvgIpc) is 3.02. The van der Waals surface area contributed by atoms with Crippen molar-refractivity contribution in [1.29, 1.82) is 0 Å². The van der Waals surface area contributed by atoms with Crippen molar-refractivity contribution in [1.82, 2.24) is 9.80 Å². The fraction of sp³-hybridized carbons (Fsp3) is 0.632. The number of piperazine rings is 1. The molecule has 2 aliphatic rings. The van der Waals surface area contributed by atoms with Gasteiger partial charge >= 0.3 is 0 Å². The van der Waals surface area contributed by atoms with Gasteiger partial charge < -0.3 is 14.4 Å². The van der Waals surface area contributed by atoms with Gasteiger partial charge in [-0.3, -0.25) is 9.69 Å². The van der Waals surface area contributed by atoms with Gasteiger partial charge in [0.25, 0.3) is 0 Å². The largest absolute Gasteiger partial charge is 0.497 e. The molecule has 0 bridgehead atoms. The number of ether oxygens (including phenoxy) is 2. The van der Waals surface area contributed by atoms with Crippen LogP contribution in [0.5, 0.6) is 5.75 Å². The van der Waals surface area contributed by atoms with Crippen LogP contribution in [0.25, 0.3) is 0 Å². The van der Waals surface area contributed by atoms with Gasteiger partial charge in [0.15, 0.2) is 0 Å². The second-order valence-corrected chi connectivity index (χ2v) is 6.82. The zero-order valence-electron chi connectivity index (χ0n) is 14.7. The van der Waals surface area contributed by atoms with Crippen LogP contribution in [0.4, 0.5) is 0 Å². The first-order valence-corrected chi connectivity index (χ1v) is 8.90. The number of hydrogen-bond acceptors (Lipinski definition) is 4. The molecule has 1 amide bonds. The van der Waals surface area contributed by atoms with E-state index in [1.54, 1.807) is 14.0 Å². The molecule has 2 saturated heterocycles. The van der Waals surface area contributed by atoms with E-state index in [1.807, 2.05) is 17.0 Å². The van der Waals surface area contributed by atoms with Gasteiger partial charge in [0.1, 0.15) is 5.75 Å². The highest BCUT2D eigenvalue weighted by Crippen LogP contribution is 2.25. The van der Waals surface area contributed by atoms with E-state index in [-0.39, 0.29) is 5.91 Å². The minimum atomic E-state index is 0.185. The summed E-state index contributed by atoms with van der Waals surface area (Å²) >= 11 is 0. The van der Waals surface area contributed by atoms with E-state index < -0.39 is 0 Å². The van der Waals surface area contributed by atoms with E-state index >= 15 is 0 Å². The molecular formula is C19H28N2O3. The van der Waals surface area contributed by atoms with Crippen LogP contribution in [-0.4, -0.2) is 67.7 Å². The van der Waals surface area contributed by atoms with Crippen LogP contribution < -0.4 is 4.74 Å². The van der Waals surface area contributed by atoms with Crippen LogP contribution in [0.15, 0.2) is 24.3 Å². The Bertz CT molecular complexity index is 555. The molecule has 0 unspecified atom stereocenters. The summed E-state index contributed by atoms with van der Waals surface area (Å²) in [4.78, 5) is 15.7. The van der Waals surface area contributed by atoms with E-state index in [9.17, 15) is 4.79 Å². The predicted octanol–water partition coefficient (Wildman–Crippen LogP) is 1.95. The first kappa shape index (κ1) is 17.2. The summed E-state index contributed by atoms with van der Waals surface area (Å²) < 4.78 is 11.5. The molecule has 0 saturated carbocycles. The summed E-state index contributed by atoms with van der Waals surface area (Å²) in [5, 5.41) is 0. The molecule has 24 heavy (non-hydrogen) atoms. The number of methoxy groups -OCH3 is 1. The number of benzene rings is 1. The minimum absolute atomic E-state index is 0.185. The zero-order valence-corrected chi connectivity index (χ0v) is 14.7. The molecule has 5 nitrogen and oxygen atoms in total. The summed E-state index contributed by atoms with van der Waals surface area (Å²) in [5.74, 6) is 1.09. The molecule has 0 aromatic heterocycles. The van der Waals surface area contributed by atoms with E-state index in [4.69, 9.17) is 9.47 Å². The number of carbonyl (C=O) groups excluding carboxylic acids is 1. The number of amides is 1. The van der Waals surface area contributed by atoms with Crippen molar-refractivity contribution in [2.75, 3.05) is 39.8 Å². The Morgan fingerprint density at radius 3 is 2.67 bits per heavy atom. The minimum Gasteiger partial charge on any atom is -0.497 e. The van der Waals surface area contributed by atoms with Gasteiger partial charge in [-0.25, -0.2) is 0 Å². The lowest BCUT2D eigenvalue weighted by atomic mass is 10.1. The van der Waals surface area contributed by atoms with E-state index in [0.717, 1.165) is 57.7 Å². The second-order valence-electron chi connectivity index (χ2n) is 6.82. The highest BCUT2D eigenvalue weighted by atomic mass is 16.5. The molecule has 5 heteroatoms. The monoisotopic (exact) mass is 332 g/mol. The Hall–Kier alpha value is -1.59. The van der Waals surface area contributed by atoms with Gasteiger partial charge in [-0.15, -0.1) is 0 Å². The molecule has 0 aliphatic carbocycles. The van der Waals surface area contributed by atoms with Crippen LogP contribution in [-0.2, 0) is 16.0 Å². The maximum atomic E-state index is 11.4. The lowest BCUT2D eigenvalue weighted by molar-refractivity contribution is -0.130. The number of rotatable bonds is 5. The first-order valence-electron chi connectivity index (χ1n) is 8.90. The van der Waals surface area contributed by atoms with E-state index in [1.165, 1.54) is 5.56 Å². The van der Waals surface area contributed by atoms with Crippen molar-refractivity contribution in [3.63, 3.8) is 0 Å². The van der Waals surface area contributed by atoms with Crippen LogP contribution in [0.1, 0.15) is 25.3 Å². The molecule has 132 valence electrons. The van der Waals surface area contributed by atoms with Gasteiger partial charge in [-0.05, 0) is 37.0 Å². The molecule has 0 spiro atoms. The lowest BCUT2D eigenvalue weighted by Gasteiger charge is -2.35. The fourth-order valence-corrected chi connectivity index (χ4v) is 3.66. The van der Waals surface area contributed by atoms with Crippen LogP contribution in [0, 0.1) is 0 Å². The Morgan fingerprint density at radius 2 is 1.96 bits per heavy atom. The van der Waals surface area contributed by atoms with E-state index in [2.05, 4.69) is 17.0 Å². The van der Waals surface area contributed by atoms with Crippen molar-refractivity contribution in [2.45, 2.75) is 38.4 Å². The smallest absolute Gasteiger partial charge is 0.219 e. The highest BCUT2D eigenvalue weighted by molar-refractivity contribution is 5.73. The number of carbonyl (C=O) groups is 1. The molecule has 2 aliphatic heterocycles. The van der Waals surface area contributed by atoms with Crippen LogP contribution in [0.3, 0.4) is 0 Å². The predicted molar refractivity (Wildman–Crippen MR) is 93.3 cm³/mol. The van der Waals surface area contributed by atoms with Gasteiger partial charge in [-0.1, -0.05) is 12.1 Å². The molecule has 2 fully saturated rings. The fourth-order valence-electron chi connectivity index (χ4n) is 3.66. The molecule has 0 radical (unpaired) electrons. The summed E-state index contributed by atoms with van der Waals surface area (Å²) in [5.41, 5.74) is 1.27. The van der Waals surface area contributed by atoms with Crippen LogP contribution >= 0.6 is 0 Å². The molecule has 3 rings (SSSR count). The van der Waals surface area contributed by atoms with Gasteiger partial charge in [0.05, 0.1) is 19.3 Å². The Balaban J connectivity index is 1.43. The Kier molecular flexibility index (Phi) is 5.74. The van der Waals surface area contributed by atoms with Crippen molar-refractivity contribution >= 4 is 5.91 Å². The summed E-state index contributed by atoms with van der Waals surface area (Å²) in [6, 6.07) is 8.25. The van der Waals surface area contributed by atoms with Crippen molar-refractivity contribution < 1.29 is 14.3 Å². The summed E-state index contributed by atoms with van der Waals surface area (Å²) in [6.07, 6.45) is 3.83. The molecular weight excluding hydrogens is 304 g/mol. The van der Waals surface area contributed by atoms with E-state index in [0.29, 0.717) is 12.2 Å². The molecule has 0 N–H and O–H groups in total. The number of hydrogen-bond donors (Lipinski definition) is 0. The average molecular weight is 332 g/mol. The van der Waals surface area contributed by atoms with Crippen LogP contribution in [0.2, 0.25) is 0 Å². The third kappa shape index (κ3) is 4.48. The molecule has 2 atom stereocenters. The standard InChI is InChI=1S/C19H28N2O3/c1-15(22)21-10-8-20(9-11-21)14-19-7-6-18(24-19)13-16-4-3-5-17(12-16)23-2/h3-5,12,18-19H,6-11,13-14H2,1-2H3/t18-,19+/m1/s1. The maximum absolute atomic E-state index is 11.4. The van der Waals surface area contributed by atoms with Gasteiger partial charge in [0, 0.05) is 39.6 Å². The summed E-state index contributed by atoms with van der Waals surface area (Å²) in [6.45, 7) is 6.24. The van der Waals surface area contributed by atoms with Crippen molar-refractivity contribution in [2.24, 2.45) is 0 Å². The molecule has 1 aromatic carbocycles. The second kappa shape index (κ2) is 7.99. The lowest BCUT2D eigenvalue weighted by Crippen LogP contribution is -2.49. The third-order valence-electron chi connectivity index (χ3n) is 5.07. The van der Waals surface area contributed by atoms with Crippen molar-refractivity contribution in [3.05, 3.63) is 29.8 Å². The van der Waals surface area contributed by atoms with Crippen molar-refractivity contribution in [3.8, 4) is 5.75 Å². The SMILES string of the molecule is COc1cccc(C[C@H]2CC[C@@H](CN3CCN(C(C)=O)CC3)O2)c1.